The second-order valence-electron chi connectivity index (χ2n) is 6.36. The van der Waals surface area contributed by atoms with E-state index in [4.69, 9.17) is 4.74 Å². The van der Waals surface area contributed by atoms with E-state index in [-0.39, 0.29) is 24.2 Å². The highest BCUT2D eigenvalue weighted by molar-refractivity contribution is 5.86. The molecule has 2 fully saturated rings. The van der Waals surface area contributed by atoms with Crippen LogP contribution in [-0.2, 0) is 14.3 Å². The van der Waals surface area contributed by atoms with E-state index in [9.17, 15) is 9.59 Å². The predicted octanol–water partition coefficient (Wildman–Crippen LogP) is 1.13. The zero-order valence-electron chi connectivity index (χ0n) is 14.0. The number of ether oxygens (including phenoxy) is 1. The number of halogens is 1. The third kappa shape index (κ3) is 5.94. The maximum absolute atomic E-state index is 12.3. The van der Waals surface area contributed by atoms with Crippen LogP contribution in [0.3, 0.4) is 0 Å². The summed E-state index contributed by atoms with van der Waals surface area (Å²) in [6.07, 6.45) is 7.51. The molecule has 7 heteroatoms. The van der Waals surface area contributed by atoms with Crippen molar-refractivity contribution in [3.63, 3.8) is 0 Å². The quantitative estimate of drug-likeness (QED) is 0.673. The molecule has 23 heavy (non-hydrogen) atoms. The summed E-state index contributed by atoms with van der Waals surface area (Å²) < 4.78 is 5.47. The van der Waals surface area contributed by atoms with Crippen LogP contribution in [0.2, 0.25) is 0 Å². The van der Waals surface area contributed by atoms with Crippen LogP contribution in [-0.4, -0.2) is 50.2 Å². The monoisotopic (exact) mass is 347 g/mol. The van der Waals surface area contributed by atoms with Crippen molar-refractivity contribution in [3.8, 4) is 0 Å². The van der Waals surface area contributed by atoms with Crippen LogP contribution < -0.4 is 16.0 Å². The number of carbonyl (C=O) groups is 2. The van der Waals surface area contributed by atoms with Gasteiger partial charge in [-0.25, -0.2) is 0 Å². The number of rotatable bonds is 6. The number of amides is 2. The SMILES string of the molecule is COC1(C(=O)NCCC(=O)NC2CCCCC2)CCNCC1.Cl. The topological polar surface area (TPSA) is 79.5 Å². The van der Waals surface area contributed by atoms with E-state index in [1.165, 1.54) is 19.3 Å². The normalized spacial score (nSPS) is 21.1. The minimum absolute atomic E-state index is 0. The van der Waals surface area contributed by atoms with Crippen molar-refractivity contribution in [2.45, 2.75) is 63.0 Å². The molecule has 6 nitrogen and oxygen atoms in total. The van der Waals surface area contributed by atoms with Crippen molar-refractivity contribution < 1.29 is 14.3 Å². The molecule has 1 heterocycles. The van der Waals surface area contributed by atoms with E-state index in [1.54, 1.807) is 7.11 Å². The van der Waals surface area contributed by atoms with Crippen molar-refractivity contribution >= 4 is 24.2 Å². The number of methoxy groups -OCH3 is 1. The first kappa shape index (κ1) is 20.2. The summed E-state index contributed by atoms with van der Waals surface area (Å²) in [5.74, 6) is -0.0639. The fourth-order valence-electron chi connectivity index (χ4n) is 3.35. The van der Waals surface area contributed by atoms with Gasteiger partial charge in [-0.2, -0.15) is 0 Å². The minimum Gasteiger partial charge on any atom is -0.368 e. The second-order valence-corrected chi connectivity index (χ2v) is 6.36. The molecule has 0 bridgehead atoms. The van der Waals surface area contributed by atoms with Crippen LogP contribution in [0.5, 0.6) is 0 Å². The zero-order chi connectivity index (χ0) is 15.8. The van der Waals surface area contributed by atoms with Crippen LogP contribution in [0, 0.1) is 0 Å². The molecule has 0 aromatic carbocycles. The third-order valence-corrected chi connectivity index (χ3v) is 4.82. The lowest BCUT2D eigenvalue weighted by Crippen LogP contribution is -2.54. The molecule has 2 aliphatic rings. The highest BCUT2D eigenvalue weighted by Crippen LogP contribution is 2.22. The molecule has 1 aliphatic heterocycles. The summed E-state index contributed by atoms with van der Waals surface area (Å²) in [7, 11) is 1.58. The van der Waals surface area contributed by atoms with E-state index >= 15 is 0 Å². The Labute approximate surface area is 144 Å². The first-order valence-electron chi connectivity index (χ1n) is 8.50. The van der Waals surface area contributed by atoms with Gasteiger partial charge >= 0.3 is 0 Å². The van der Waals surface area contributed by atoms with Crippen LogP contribution in [0.15, 0.2) is 0 Å². The number of hydrogen-bond acceptors (Lipinski definition) is 4. The molecular weight excluding hydrogens is 318 g/mol. The van der Waals surface area contributed by atoms with Crippen LogP contribution in [0.25, 0.3) is 0 Å². The first-order valence-corrected chi connectivity index (χ1v) is 8.50. The Balaban J connectivity index is 0.00000264. The summed E-state index contributed by atoms with van der Waals surface area (Å²) in [6.45, 7) is 1.93. The average Bonchev–Trinajstić information content (AvgIpc) is 2.56. The molecule has 0 atom stereocenters. The Morgan fingerprint density at radius 3 is 2.43 bits per heavy atom. The Morgan fingerprint density at radius 2 is 1.83 bits per heavy atom. The van der Waals surface area contributed by atoms with Gasteiger partial charge in [-0.3, -0.25) is 9.59 Å². The summed E-state index contributed by atoms with van der Waals surface area (Å²) in [4.78, 5) is 24.2. The molecule has 1 aliphatic carbocycles. The smallest absolute Gasteiger partial charge is 0.252 e. The van der Waals surface area contributed by atoms with Gasteiger partial charge in [0.2, 0.25) is 5.91 Å². The lowest BCUT2D eigenvalue weighted by Gasteiger charge is -2.34. The Morgan fingerprint density at radius 1 is 1.17 bits per heavy atom. The molecular formula is C16H30ClN3O3. The number of hydrogen-bond donors (Lipinski definition) is 3. The Hall–Kier alpha value is -0.850. The standard InChI is InChI=1S/C16H29N3O3.ClH/c1-22-16(8-11-17-12-9-16)15(21)18-10-7-14(20)19-13-5-3-2-4-6-13;/h13,17H,2-12H2,1H3,(H,18,21)(H,19,20);1H. The van der Waals surface area contributed by atoms with Gasteiger partial charge in [-0.1, -0.05) is 19.3 Å². The highest BCUT2D eigenvalue weighted by Gasteiger charge is 2.39. The molecule has 1 saturated carbocycles. The summed E-state index contributed by atoms with van der Waals surface area (Å²) >= 11 is 0. The predicted molar refractivity (Wildman–Crippen MR) is 91.7 cm³/mol. The van der Waals surface area contributed by atoms with Crippen molar-refractivity contribution in [3.05, 3.63) is 0 Å². The van der Waals surface area contributed by atoms with Gasteiger partial charge < -0.3 is 20.7 Å². The van der Waals surface area contributed by atoms with Crippen LogP contribution >= 0.6 is 12.4 Å². The second kappa shape index (κ2) is 10.1. The number of piperidine rings is 1. The molecule has 3 N–H and O–H groups in total. The molecule has 0 unspecified atom stereocenters. The maximum atomic E-state index is 12.3. The van der Waals surface area contributed by atoms with Gasteiger partial charge in [0.05, 0.1) is 0 Å². The Bertz CT molecular complexity index is 381. The van der Waals surface area contributed by atoms with E-state index in [0.717, 1.165) is 25.9 Å². The van der Waals surface area contributed by atoms with E-state index < -0.39 is 5.60 Å². The summed E-state index contributed by atoms with van der Waals surface area (Å²) in [5.41, 5.74) is -0.731. The molecule has 0 aromatic heterocycles. The largest absolute Gasteiger partial charge is 0.368 e. The zero-order valence-corrected chi connectivity index (χ0v) is 14.8. The van der Waals surface area contributed by atoms with E-state index in [0.29, 0.717) is 31.8 Å². The van der Waals surface area contributed by atoms with Gasteiger partial charge in [-0.15, -0.1) is 12.4 Å². The number of nitrogens with one attached hydrogen (secondary N) is 3. The summed E-state index contributed by atoms with van der Waals surface area (Å²) in [6, 6.07) is 0.326. The van der Waals surface area contributed by atoms with Crippen LogP contribution in [0.4, 0.5) is 0 Å². The van der Waals surface area contributed by atoms with Gasteiger partial charge in [0, 0.05) is 26.1 Å². The lowest BCUT2D eigenvalue weighted by atomic mass is 9.91. The van der Waals surface area contributed by atoms with E-state index in [1.807, 2.05) is 0 Å². The Kier molecular flexibility index (Phi) is 8.87. The molecule has 134 valence electrons. The van der Waals surface area contributed by atoms with E-state index in [2.05, 4.69) is 16.0 Å². The van der Waals surface area contributed by atoms with Crippen molar-refractivity contribution in [2.75, 3.05) is 26.7 Å². The first-order chi connectivity index (χ1) is 10.7. The van der Waals surface area contributed by atoms with Gasteiger partial charge in [-0.05, 0) is 38.8 Å². The fourth-order valence-corrected chi connectivity index (χ4v) is 3.35. The molecule has 0 radical (unpaired) electrons. The molecule has 1 saturated heterocycles. The van der Waals surface area contributed by atoms with Gasteiger partial charge in [0.25, 0.3) is 5.91 Å². The lowest BCUT2D eigenvalue weighted by molar-refractivity contribution is -0.146. The van der Waals surface area contributed by atoms with Crippen molar-refractivity contribution in [1.82, 2.24) is 16.0 Å². The van der Waals surface area contributed by atoms with Crippen LogP contribution in [0.1, 0.15) is 51.4 Å². The molecule has 0 spiro atoms. The third-order valence-electron chi connectivity index (χ3n) is 4.82. The van der Waals surface area contributed by atoms with Crippen molar-refractivity contribution in [1.29, 1.82) is 0 Å². The van der Waals surface area contributed by atoms with Crippen molar-refractivity contribution in [2.24, 2.45) is 0 Å². The average molecular weight is 348 g/mol. The molecule has 0 aromatic rings. The van der Waals surface area contributed by atoms with Gasteiger partial charge in [0.15, 0.2) is 0 Å². The fraction of sp³-hybridized carbons (Fsp3) is 0.875. The minimum atomic E-state index is -0.731. The highest BCUT2D eigenvalue weighted by atomic mass is 35.5. The summed E-state index contributed by atoms with van der Waals surface area (Å²) in [5, 5.41) is 9.15. The maximum Gasteiger partial charge on any atom is 0.252 e. The number of carbonyl (C=O) groups excluding carboxylic acids is 2. The molecule has 2 rings (SSSR count). The molecule has 2 amide bonds. The van der Waals surface area contributed by atoms with Gasteiger partial charge in [0.1, 0.15) is 5.60 Å².